The zero-order chi connectivity index (χ0) is 14.9. The molecule has 8 heteroatoms. The smallest absolute Gasteiger partial charge is 0.220 e. The molecule has 0 radical (unpaired) electrons. The average Bonchev–Trinajstić information content (AvgIpc) is 2.75. The minimum atomic E-state index is -3.99. The molecule has 0 saturated heterocycles. The third-order valence-electron chi connectivity index (χ3n) is 2.65. The second-order valence-electron chi connectivity index (χ2n) is 3.93. The molecule has 0 atom stereocenters. The second-order valence-corrected chi connectivity index (χ2v) is 6.79. The zero-order valence-corrected chi connectivity index (χ0v) is 12.7. The van der Waals surface area contributed by atoms with E-state index < -0.39 is 9.05 Å². The van der Waals surface area contributed by atoms with Crippen molar-refractivity contribution in [2.24, 2.45) is 0 Å². The van der Waals surface area contributed by atoms with Gasteiger partial charge in [0.05, 0.1) is 23.0 Å². The first-order chi connectivity index (χ1) is 9.38. The normalized spacial score (nSPS) is 11.3. The van der Waals surface area contributed by atoms with E-state index in [1.54, 1.807) is 31.2 Å². The molecule has 1 heterocycles. The highest BCUT2D eigenvalue weighted by Gasteiger charge is 2.26. The molecule has 104 valence electrons. The Kier molecular flexibility index (Phi) is 4.04. The summed E-state index contributed by atoms with van der Waals surface area (Å²) in [6.45, 7) is 1.75. The van der Waals surface area contributed by atoms with Crippen LogP contribution in [-0.4, -0.2) is 18.2 Å². The fourth-order valence-electron chi connectivity index (χ4n) is 1.78. The topological polar surface area (TPSA) is 75.8 Å². The van der Waals surface area contributed by atoms with Gasteiger partial charge in [-0.05, 0) is 24.6 Å². The number of aryl methyl sites for hydroxylation is 1. The van der Waals surface area contributed by atoms with Gasteiger partial charge in [0.25, 0.3) is 9.05 Å². The lowest BCUT2D eigenvalue weighted by molar-refractivity contribution is 0.608. The Labute approximate surface area is 125 Å². The number of nitriles is 1. The van der Waals surface area contributed by atoms with Gasteiger partial charge in [-0.2, -0.15) is 10.4 Å². The molecule has 0 fully saturated rings. The summed E-state index contributed by atoms with van der Waals surface area (Å²) in [6.07, 6.45) is 0.367. The Balaban J connectivity index is 2.71. The predicted molar refractivity (Wildman–Crippen MR) is 75.7 cm³/mol. The Morgan fingerprint density at radius 1 is 1.45 bits per heavy atom. The van der Waals surface area contributed by atoms with E-state index in [0.717, 1.165) is 0 Å². The maximum Gasteiger partial charge on any atom is 0.266 e. The van der Waals surface area contributed by atoms with Crippen molar-refractivity contribution >= 4 is 31.3 Å². The molecule has 0 saturated carbocycles. The van der Waals surface area contributed by atoms with Crippen molar-refractivity contribution < 1.29 is 8.42 Å². The van der Waals surface area contributed by atoms with Gasteiger partial charge in [-0.1, -0.05) is 24.6 Å². The fraction of sp³-hybridized carbons (Fsp3) is 0.167. The number of nitrogens with zero attached hydrogens (tertiary/aromatic N) is 3. The summed E-state index contributed by atoms with van der Waals surface area (Å²) in [7, 11) is 1.40. The molecule has 0 amide bonds. The van der Waals surface area contributed by atoms with Gasteiger partial charge < -0.3 is 0 Å². The van der Waals surface area contributed by atoms with Crippen LogP contribution in [-0.2, 0) is 15.5 Å². The lowest BCUT2D eigenvalue weighted by Gasteiger charge is -2.03. The molecule has 20 heavy (non-hydrogen) atoms. The molecule has 5 nitrogen and oxygen atoms in total. The van der Waals surface area contributed by atoms with Crippen LogP contribution in [0.15, 0.2) is 29.2 Å². The first kappa shape index (κ1) is 14.9. The standard InChI is InChI=1S/C12H9Cl2N3O2S/c1-2-10-11(20(14,18)19)12(13)17(16-10)9-5-3-4-8(6-9)7-15/h3-6H,2H2,1H3. The van der Waals surface area contributed by atoms with Crippen LogP contribution in [0.25, 0.3) is 5.69 Å². The quantitative estimate of drug-likeness (QED) is 0.811. The van der Waals surface area contributed by atoms with E-state index in [1.807, 2.05) is 6.07 Å². The minimum Gasteiger partial charge on any atom is -0.220 e. The van der Waals surface area contributed by atoms with Crippen LogP contribution in [0.5, 0.6) is 0 Å². The van der Waals surface area contributed by atoms with Crippen molar-refractivity contribution in [3.8, 4) is 11.8 Å². The molecule has 0 unspecified atom stereocenters. The van der Waals surface area contributed by atoms with Crippen LogP contribution in [0.3, 0.4) is 0 Å². The second kappa shape index (κ2) is 5.44. The molecule has 1 aromatic carbocycles. The van der Waals surface area contributed by atoms with Gasteiger partial charge in [-0.25, -0.2) is 13.1 Å². The molecular formula is C12H9Cl2N3O2S. The van der Waals surface area contributed by atoms with Gasteiger partial charge in [0, 0.05) is 10.7 Å². The van der Waals surface area contributed by atoms with Gasteiger partial charge in [-0.15, -0.1) is 0 Å². The monoisotopic (exact) mass is 329 g/mol. The van der Waals surface area contributed by atoms with Crippen molar-refractivity contribution in [2.45, 2.75) is 18.2 Å². The Morgan fingerprint density at radius 3 is 2.65 bits per heavy atom. The third-order valence-corrected chi connectivity index (χ3v) is 4.50. The van der Waals surface area contributed by atoms with Gasteiger partial charge in [-0.3, -0.25) is 0 Å². The molecule has 0 spiro atoms. The maximum atomic E-state index is 11.6. The van der Waals surface area contributed by atoms with Crippen LogP contribution in [0, 0.1) is 11.3 Å². The Hall–Kier alpha value is -1.55. The summed E-state index contributed by atoms with van der Waals surface area (Å²) in [6, 6.07) is 8.51. The summed E-state index contributed by atoms with van der Waals surface area (Å²) in [5.41, 5.74) is 1.20. The zero-order valence-electron chi connectivity index (χ0n) is 10.3. The summed E-state index contributed by atoms with van der Waals surface area (Å²) >= 11 is 6.08. The summed E-state index contributed by atoms with van der Waals surface area (Å²) in [5, 5.41) is 12.9. The van der Waals surface area contributed by atoms with Crippen molar-refractivity contribution in [2.75, 3.05) is 0 Å². The van der Waals surface area contributed by atoms with Crippen molar-refractivity contribution in [3.63, 3.8) is 0 Å². The van der Waals surface area contributed by atoms with Crippen LogP contribution < -0.4 is 0 Å². The Morgan fingerprint density at radius 2 is 2.15 bits per heavy atom. The van der Waals surface area contributed by atoms with Crippen molar-refractivity contribution in [3.05, 3.63) is 40.7 Å². The van der Waals surface area contributed by atoms with Crippen molar-refractivity contribution in [1.29, 1.82) is 5.26 Å². The Bertz CT molecular complexity index is 807. The molecule has 2 rings (SSSR count). The number of aromatic nitrogens is 2. The van der Waals surface area contributed by atoms with E-state index in [2.05, 4.69) is 5.10 Å². The van der Waals surface area contributed by atoms with E-state index >= 15 is 0 Å². The maximum absolute atomic E-state index is 11.6. The van der Waals surface area contributed by atoms with Gasteiger partial charge in [0.2, 0.25) is 0 Å². The highest BCUT2D eigenvalue weighted by atomic mass is 35.7. The van der Waals surface area contributed by atoms with Crippen LogP contribution in [0.2, 0.25) is 5.15 Å². The molecule has 0 aliphatic heterocycles. The molecule has 1 aromatic heterocycles. The number of hydrogen-bond donors (Lipinski definition) is 0. The summed E-state index contributed by atoms with van der Waals surface area (Å²) in [4.78, 5) is -0.189. The van der Waals surface area contributed by atoms with E-state index in [9.17, 15) is 8.42 Å². The molecular weight excluding hydrogens is 321 g/mol. The van der Waals surface area contributed by atoms with Gasteiger partial charge in [0.15, 0.2) is 5.15 Å². The highest BCUT2D eigenvalue weighted by molar-refractivity contribution is 8.13. The van der Waals surface area contributed by atoms with Crippen LogP contribution >= 0.6 is 22.3 Å². The number of hydrogen-bond acceptors (Lipinski definition) is 4. The average molecular weight is 330 g/mol. The van der Waals surface area contributed by atoms with Gasteiger partial charge >= 0.3 is 0 Å². The minimum absolute atomic E-state index is 0.0908. The number of benzene rings is 1. The first-order valence-electron chi connectivity index (χ1n) is 5.61. The van der Waals surface area contributed by atoms with E-state index in [4.69, 9.17) is 27.5 Å². The van der Waals surface area contributed by atoms with Crippen molar-refractivity contribution in [1.82, 2.24) is 9.78 Å². The molecule has 0 bridgehead atoms. The summed E-state index contributed by atoms with van der Waals surface area (Å²) in [5.74, 6) is 0. The highest BCUT2D eigenvalue weighted by Crippen LogP contribution is 2.30. The van der Waals surface area contributed by atoms with E-state index in [0.29, 0.717) is 17.7 Å². The predicted octanol–water partition coefficient (Wildman–Crippen LogP) is 2.89. The molecule has 0 aliphatic rings. The molecule has 2 aromatic rings. The fourth-order valence-corrected chi connectivity index (χ4v) is 3.68. The number of halogens is 2. The van der Waals surface area contributed by atoms with Crippen LogP contribution in [0.4, 0.5) is 0 Å². The van der Waals surface area contributed by atoms with Crippen LogP contribution in [0.1, 0.15) is 18.2 Å². The summed E-state index contributed by atoms with van der Waals surface area (Å²) < 4.78 is 24.4. The first-order valence-corrected chi connectivity index (χ1v) is 8.29. The largest absolute Gasteiger partial charge is 0.266 e. The lowest BCUT2D eigenvalue weighted by atomic mass is 10.2. The van der Waals surface area contributed by atoms with Gasteiger partial charge in [0.1, 0.15) is 4.90 Å². The number of rotatable bonds is 3. The molecule has 0 N–H and O–H groups in total. The molecule has 0 aliphatic carbocycles. The SMILES string of the molecule is CCc1nn(-c2cccc(C#N)c2)c(Cl)c1S(=O)(=O)Cl. The van der Waals surface area contributed by atoms with E-state index in [1.165, 1.54) is 4.68 Å². The lowest BCUT2D eigenvalue weighted by Crippen LogP contribution is -1.97. The van der Waals surface area contributed by atoms with E-state index in [-0.39, 0.29) is 15.7 Å². The third kappa shape index (κ3) is 2.66.